The lowest BCUT2D eigenvalue weighted by Crippen LogP contribution is -2.37. The zero-order valence-electron chi connectivity index (χ0n) is 22.3. The second kappa shape index (κ2) is 12.6. The van der Waals surface area contributed by atoms with Crippen LogP contribution in [-0.4, -0.2) is 64.4 Å². The van der Waals surface area contributed by atoms with Gasteiger partial charge in [-0.05, 0) is 31.5 Å². The number of carbonyl (C=O) groups is 3. The fourth-order valence-electron chi connectivity index (χ4n) is 4.12. The summed E-state index contributed by atoms with van der Waals surface area (Å²) in [7, 11) is -3.83. The maximum Gasteiger partial charge on any atom is 0.350 e. The average Bonchev–Trinajstić information content (AvgIpc) is 3.29. The summed E-state index contributed by atoms with van der Waals surface area (Å²) < 4.78 is 28.2. The van der Waals surface area contributed by atoms with Crippen molar-refractivity contribution in [3.8, 4) is 0 Å². The predicted octanol–water partition coefficient (Wildman–Crippen LogP) is 2.17. The number of aryl methyl sites for hydroxylation is 1. The molecule has 3 aromatic rings. The number of nitrogens with zero attached hydrogens (tertiary/aromatic N) is 4. The van der Waals surface area contributed by atoms with E-state index in [9.17, 15) is 22.8 Å². The van der Waals surface area contributed by atoms with Crippen molar-refractivity contribution in [2.24, 2.45) is 5.14 Å². The molecule has 41 heavy (non-hydrogen) atoms. The molecule has 1 aliphatic rings. The Morgan fingerprint density at radius 3 is 2.54 bits per heavy atom. The SMILES string of the molecule is CCOC(=O)c1sc(Nc2nc3c(c(NCc4ccc(S(N)(=O)=O)cc4)n2)CN(C(=O)CCC(=O)O)CC3)nc1C. The maximum absolute atomic E-state index is 12.6. The number of primary sulfonamides is 1. The van der Waals surface area contributed by atoms with Gasteiger partial charge in [0.05, 0.1) is 35.9 Å². The van der Waals surface area contributed by atoms with Gasteiger partial charge < -0.3 is 20.1 Å². The van der Waals surface area contributed by atoms with Gasteiger partial charge in [-0.25, -0.2) is 28.3 Å². The highest BCUT2D eigenvalue weighted by atomic mass is 32.2. The summed E-state index contributed by atoms with van der Waals surface area (Å²) in [5.41, 5.74) is 2.62. The van der Waals surface area contributed by atoms with Crippen LogP contribution < -0.4 is 15.8 Å². The van der Waals surface area contributed by atoms with Crippen LogP contribution in [0.4, 0.5) is 16.9 Å². The van der Waals surface area contributed by atoms with Crippen molar-refractivity contribution in [1.82, 2.24) is 19.9 Å². The van der Waals surface area contributed by atoms with Crippen LogP contribution in [0.1, 0.15) is 52.0 Å². The molecule has 218 valence electrons. The van der Waals surface area contributed by atoms with E-state index in [0.29, 0.717) is 45.7 Å². The largest absolute Gasteiger partial charge is 0.481 e. The number of ether oxygens (including phenoxy) is 1. The molecule has 0 saturated carbocycles. The number of hydrogen-bond donors (Lipinski definition) is 4. The van der Waals surface area contributed by atoms with Crippen LogP contribution in [0.2, 0.25) is 0 Å². The monoisotopic (exact) mass is 603 g/mol. The standard InChI is InChI=1S/C25H29N7O7S2/c1-3-39-23(36)21-14(2)28-25(40-21)31-24-29-18-10-11-32(19(33)8-9-20(34)35)13-17(18)22(30-24)27-12-15-4-6-16(7-5-15)41(26,37)38/h4-7H,3,8-13H2,1-2H3,(H,34,35)(H2,26,37,38)(H2,27,28,29,30,31). The predicted molar refractivity (Wildman–Crippen MR) is 149 cm³/mol. The topological polar surface area (TPSA) is 207 Å². The number of aromatic nitrogens is 3. The van der Waals surface area contributed by atoms with Crippen molar-refractivity contribution >= 4 is 56.1 Å². The number of thiazole rings is 1. The van der Waals surface area contributed by atoms with Crippen molar-refractivity contribution in [3.63, 3.8) is 0 Å². The molecule has 0 unspecified atom stereocenters. The fourth-order valence-corrected chi connectivity index (χ4v) is 5.48. The molecule has 0 atom stereocenters. The Morgan fingerprint density at radius 2 is 1.88 bits per heavy atom. The Hall–Kier alpha value is -4.15. The van der Waals surface area contributed by atoms with Gasteiger partial charge in [-0.2, -0.15) is 4.98 Å². The summed E-state index contributed by atoms with van der Waals surface area (Å²) in [4.78, 5) is 51.4. The molecule has 4 rings (SSSR count). The third-order valence-corrected chi connectivity index (χ3v) is 8.14. The van der Waals surface area contributed by atoms with Crippen LogP contribution in [0.15, 0.2) is 29.2 Å². The molecule has 0 radical (unpaired) electrons. The molecule has 16 heteroatoms. The Kier molecular flexibility index (Phi) is 9.14. The molecule has 1 aromatic carbocycles. The van der Waals surface area contributed by atoms with Crippen LogP contribution >= 0.6 is 11.3 Å². The highest BCUT2D eigenvalue weighted by molar-refractivity contribution is 7.89. The first-order chi connectivity index (χ1) is 19.4. The zero-order chi connectivity index (χ0) is 29.7. The number of nitrogens with one attached hydrogen (secondary N) is 2. The lowest BCUT2D eigenvalue weighted by atomic mass is 10.1. The van der Waals surface area contributed by atoms with E-state index in [2.05, 4.69) is 25.6 Å². The molecule has 0 bridgehead atoms. The third-order valence-electron chi connectivity index (χ3n) is 6.15. The van der Waals surface area contributed by atoms with E-state index < -0.39 is 22.0 Å². The number of sulfonamides is 1. The average molecular weight is 604 g/mol. The van der Waals surface area contributed by atoms with Crippen LogP contribution in [0, 0.1) is 6.92 Å². The lowest BCUT2D eigenvalue weighted by Gasteiger charge is -2.30. The van der Waals surface area contributed by atoms with Crippen molar-refractivity contribution in [1.29, 1.82) is 0 Å². The van der Waals surface area contributed by atoms with Gasteiger partial charge in [-0.1, -0.05) is 23.5 Å². The molecule has 3 heterocycles. The number of rotatable bonds is 11. The fraction of sp³-hybridized carbons (Fsp3) is 0.360. The van der Waals surface area contributed by atoms with E-state index >= 15 is 0 Å². The van der Waals surface area contributed by atoms with E-state index in [1.165, 1.54) is 12.1 Å². The van der Waals surface area contributed by atoms with Crippen molar-refractivity contribution in [3.05, 3.63) is 51.7 Å². The second-order valence-electron chi connectivity index (χ2n) is 9.10. The number of fused-ring (bicyclic) bond motifs is 1. The Bertz CT molecular complexity index is 1570. The molecular weight excluding hydrogens is 574 g/mol. The molecule has 1 aliphatic heterocycles. The number of hydrogen-bond acceptors (Lipinski definition) is 12. The number of nitrogens with two attached hydrogens (primary N) is 1. The minimum absolute atomic E-state index is 0.0106. The van der Waals surface area contributed by atoms with E-state index in [4.69, 9.17) is 15.0 Å². The number of esters is 1. The summed E-state index contributed by atoms with van der Waals surface area (Å²) in [6.07, 6.45) is 0.0345. The first-order valence-electron chi connectivity index (χ1n) is 12.6. The number of carboxylic acid groups (broad SMARTS) is 1. The minimum atomic E-state index is -3.83. The molecular formula is C25H29N7O7S2. The summed E-state index contributed by atoms with van der Waals surface area (Å²) in [5.74, 6) is -1.14. The number of anilines is 3. The van der Waals surface area contributed by atoms with Gasteiger partial charge in [0.2, 0.25) is 21.9 Å². The quantitative estimate of drug-likeness (QED) is 0.233. The molecule has 14 nitrogen and oxygen atoms in total. The summed E-state index contributed by atoms with van der Waals surface area (Å²) in [6, 6.07) is 6.06. The molecule has 2 aromatic heterocycles. The van der Waals surface area contributed by atoms with Gasteiger partial charge >= 0.3 is 11.9 Å². The van der Waals surface area contributed by atoms with Crippen LogP contribution in [0.5, 0.6) is 0 Å². The summed E-state index contributed by atoms with van der Waals surface area (Å²) in [5, 5.41) is 20.8. The second-order valence-corrected chi connectivity index (χ2v) is 11.7. The molecule has 5 N–H and O–H groups in total. The van der Waals surface area contributed by atoms with Crippen LogP contribution in [0.25, 0.3) is 0 Å². The maximum atomic E-state index is 12.6. The van der Waals surface area contributed by atoms with E-state index in [-0.39, 0.29) is 49.3 Å². The lowest BCUT2D eigenvalue weighted by molar-refractivity contribution is -0.141. The normalized spacial score (nSPS) is 12.9. The van der Waals surface area contributed by atoms with Crippen LogP contribution in [0.3, 0.4) is 0 Å². The molecule has 1 amide bonds. The Labute approximate surface area is 240 Å². The molecule has 0 saturated heterocycles. The zero-order valence-corrected chi connectivity index (χ0v) is 24.0. The van der Waals surface area contributed by atoms with Crippen molar-refractivity contribution in [2.45, 2.75) is 51.1 Å². The van der Waals surface area contributed by atoms with E-state index in [0.717, 1.165) is 16.9 Å². The number of benzene rings is 1. The Morgan fingerprint density at radius 1 is 1.15 bits per heavy atom. The highest BCUT2D eigenvalue weighted by Gasteiger charge is 2.26. The Balaban J connectivity index is 1.60. The van der Waals surface area contributed by atoms with Crippen LogP contribution in [-0.2, 0) is 43.9 Å². The number of aliphatic carboxylic acids is 1. The number of carbonyl (C=O) groups excluding carboxylic acids is 2. The van der Waals surface area contributed by atoms with Gasteiger partial charge in [0.25, 0.3) is 0 Å². The van der Waals surface area contributed by atoms with Crippen molar-refractivity contribution in [2.75, 3.05) is 23.8 Å². The number of amides is 1. The molecule has 0 fully saturated rings. The van der Waals surface area contributed by atoms with Gasteiger partial charge in [0, 0.05) is 31.5 Å². The first-order valence-corrected chi connectivity index (χ1v) is 15.0. The van der Waals surface area contributed by atoms with E-state index in [1.54, 1.807) is 30.9 Å². The van der Waals surface area contributed by atoms with Crippen molar-refractivity contribution < 1.29 is 32.6 Å². The van der Waals surface area contributed by atoms with Gasteiger partial charge in [0.15, 0.2) is 5.13 Å². The van der Waals surface area contributed by atoms with Gasteiger partial charge in [0.1, 0.15) is 10.7 Å². The summed E-state index contributed by atoms with van der Waals surface area (Å²) in [6.45, 7) is 4.47. The van der Waals surface area contributed by atoms with Gasteiger partial charge in [-0.3, -0.25) is 14.9 Å². The number of carboxylic acids is 1. The smallest absolute Gasteiger partial charge is 0.350 e. The van der Waals surface area contributed by atoms with Gasteiger partial charge in [-0.15, -0.1) is 0 Å². The molecule has 0 aliphatic carbocycles. The first kappa shape index (κ1) is 29.8. The molecule has 0 spiro atoms. The van der Waals surface area contributed by atoms with E-state index in [1.807, 2.05) is 0 Å². The minimum Gasteiger partial charge on any atom is -0.481 e. The summed E-state index contributed by atoms with van der Waals surface area (Å²) >= 11 is 1.11. The highest BCUT2D eigenvalue weighted by Crippen LogP contribution is 2.30. The third kappa shape index (κ3) is 7.53.